The van der Waals surface area contributed by atoms with Crippen LogP contribution in [0.3, 0.4) is 0 Å². The molecule has 112 valence electrons. The van der Waals surface area contributed by atoms with E-state index in [4.69, 9.17) is 10.8 Å². The average Bonchev–Trinajstić information content (AvgIpc) is 2.48. The van der Waals surface area contributed by atoms with Crippen LogP contribution >= 0.6 is 0 Å². The average molecular weight is 298 g/mol. The minimum atomic E-state index is -3.53. The normalized spacial score (nSPS) is 21.0. The summed E-state index contributed by atoms with van der Waals surface area (Å²) in [7, 11) is -3.53. The number of hydrogen-bond donors (Lipinski definition) is 2. The van der Waals surface area contributed by atoms with Gasteiger partial charge in [0.15, 0.2) is 0 Å². The van der Waals surface area contributed by atoms with Crippen molar-refractivity contribution >= 4 is 10.0 Å². The van der Waals surface area contributed by atoms with E-state index in [2.05, 4.69) is 0 Å². The van der Waals surface area contributed by atoms with Gasteiger partial charge in [0.2, 0.25) is 10.0 Å². The summed E-state index contributed by atoms with van der Waals surface area (Å²) in [4.78, 5) is 0.298. The van der Waals surface area contributed by atoms with Gasteiger partial charge in [-0.3, -0.25) is 0 Å². The van der Waals surface area contributed by atoms with Crippen LogP contribution in [-0.2, 0) is 16.6 Å². The van der Waals surface area contributed by atoms with Gasteiger partial charge in [-0.2, -0.15) is 4.31 Å². The Kier molecular flexibility index (Phi) is 5.15. The second-order valence-electron chi connectivity index (χ2n) is 5.09. The molecule has 0 spiro atoms. The Bertz CT molecular complexity index is 543. The Labute approximate surface area is 120 Å². The summed E-state index contributed by atoms with van der Waals surface area (Å²) >= 11 is 0. The molecule has 1 aliphatic rings. The Morgan fingerprint density at radius 3 is 2.75 bits per heavy atom. The molecule has 1 aromatic rings. The Morgan fingerprint density at radius 2 is 2.05 bits per heavy atom. The van der Waals surface area contributed by atoms with Crippen molar-refractivity contribution in [2.45, 2.75) is 43.2 Å². The van der Waals surface area contributed by atoms with Crippen LogP contribution in [0.25, 0.3) is 0 Å². The van der Waals surface area contributed by atoms with Crippen molar-refractivity contribution in [1.82, 2.24) is 4.31 Å². The van der Waals surface area contributed by atoms with Crippen molar-refractivity contribution in [3.05, 3.63) is 29.8 Å². The quantitative estimate of drug-likeness (QED) is 0.852. The number of benzene rings is 1. The van der Waals surface area contributed by atoms with Crippen molar-refractivity contribution in [2.75, 3.05) is 13.2 Å². The van der Waals surface area contributed by atoms with Crippen LogP contribution in [0, 0.1) is 0 Å². The van der Waals surface area contributed by atoms with Crippen molar-refractivity contribution in [2.24, 2.45) is 5.73 Å². The van der Waals surface area contributed by atoms with Crippen molar-refractivity contribution in [3.63, 3.8) is 0 Å². The number of sulfonamides is 1. The first kappa shape index (κ1) is 15.4. The van der Waals surface area contributed by atoms with Crippen LogP contribution in [-0.4, -0.2) is 37.0 Å². The van der Waals surface area contributed by atoms with E-state index in [1.165, 1.54) is 0 Å². The summed E-state index contributed by atoms with van der Waals surface area (Å²) in [6, 6.07) is 6.77. The zero-order chi connectivity index (χ0) is 14.6. The highest BCUT2D eigenvalue weighted by Gasteiger charge is 2.33. The van der Waals surface area contributed by atoms with Gasteiger partial charge < -0.3 is 10.8 Å². The fraction of sp³-hybridized carbons (Fsp3) is 0.571. The van der Waals surface area contributed by atoms with E-state index < -0.39 is 10.0 Å². The lowest BCUT2D eigenvalue weighted by atomic mass is 10.0. The first-order valence-corrected chi connectivity index (χ1v) is 8.46. The number of nitrogens with two attached hydrogens (primary N) is 1. The summed E-state index contributed by atoms with van der Waals surface area (Å²) in [5.74, 6) is 0. The summed E-state index contributed by atoms with van der Waals surface area (Å²) in [6.45, 7) is 0.731. The predicted molar refractivity (Wildman–Crippen MR) is 77.6 cm³/mol. The lowest BCUT2D eigenvalue weighted by molar-refractivity contribution is 0.192. The molecule has 1 heterocycles. The monoisotopic (exact) mass is 298 g/mol. The molecular weight excluding hydrogens is 276 g/mol. The molecule has 0 aliphatic carbocycles. The van der Waals surface area contributed by atoms with E-state index in [0.717, 1.165) is 19.3 Å². The highest BCUT2D eigenvalue weighted by molar-refractivity contribution is 7.89. The van der Waals surface area contributed by atoms with Crippen molar-refractivity contribution in [1.29, 1.82) is 0 Å². The van der Waals surface area contributed by atoms with E-state index in [-0.39, 0.29) is 19.2 Å². The molecule has 1 saturated heterocycles. The Balaban J connectivity index is 2.37. The number of piperidine rings is 1. The van der Waals surface area contributed by atoms with Gasteiger partial charge in [-0.25, -0.2) is 8.42 Å². The molecule has 1 aromatic carbocycles. The Morgan fingerprint density at radius 1 is 1.30 bits per heavy atom. The second-order valence-corrected chi connectivity index (χ2v) is 6.95. The molecule has 1 aliphatic heterocycles. The van der Waals surface area contributed by atoms with E-state index in [0.29, 0.717) is 23.4 Å². The molecule has 0 radical (unpaired) electrons. The van der Waals surface area contributed by atoms with Gasteiger partial charge in [0.25, 0.3) is 0 Å². The predicted octanol–water partition coefficient (Wildman–Crippen LogP) is 1.07. The third-order valence-electron chi connectivity index (χ3n) is 3.81. The van der Waals surface area contributed by atoms with Gasteiger partial charge >= 0.3 is 0 Å². The van der Waals surface area contributed by atoms with Crippen LogP contribution in [0.5, 0.6) is 0 Å². The van der Waals surface area contributed by atoms with Gasteiger partial charge in [0.05, 0.1) is 4.90 Å². The summed E-state index contributed by atoms with van der Waals surface area (Å²) < 4.78 is 27.2. The lowest BCUT2D eigenvalue weighted by Gasteiger charge is -2.34. The number of hydrogen-bond acceptors (Lipinski definition) is 4. The smallest absolute Gasteiger partial charge is 0.243 e. The zero-order valence-corrected chi connectivity index (χ0v) is 12.3. The summed E-state index contributed by atoms with van der Waals surface area (Å²) in [6.07, 6.45) is 3.18. The molecule has 2 rings (SSSR count). The number of nitrogens with zero attached hydrogens (tertiary/aromatic N) is 1. The molecule has 0 saturated carbocycles. The van der Waals surface area contributed by atoms with Crippen LogP contribution in [0.1, 0.15) is 31.2 Å². The Hall–Kier alpha value is -0.950. The van der Waals surface area contributed by atoms with E-state index in [1.807, 2.05) is 0 Å². The van der Waals surface area contributed by atoms with Crippen molar-refractivity contribution in [3.8, 4) is 0 Å². The molecule has 0 bridgehead atoms. The molecule has 3 N–H and O–H groups in total. The van der Waals surface area contributed by atoms with E-state index in [1.54, 1.807) is 28.6 Å². The maximum atomic E-state index is 12.8. The molecule has 0 aromatic heterocycles. The van der Waals surface area contributed by atoms with Crippen LogP contribution in [0.15, 0.2) is 29.2 Å². The highest BCUT2D eigenvalue weighted by atomic mass is 32.2. The topological polar surface area (TPSA) is 83.6 Å². The molecule has 1 atom stereocenters. The van der Waals surface area contributed by atoms with Gasteiger partial charge in [0, 0.05) is 25.7 Å². The molecule has 20 heavy (non-hydrogen) atoms. The lowest BCUT2D eigenvalue weighted by Crippen LogP contribution is -2.44. The molecule has 1 fully saturated rings. The largest absolute Gasteiger partial charge is 0.396 e. The molecule has 0 amide bonds. The standard InChI is InChI=1S/C14H22N2O3S/c15-11-12-5-1-2-7-14(12)20(18,19)16-9-4-3-6-13(16)8-10-17/h1-2,5,7,13,17H,3-4,6,8-11,15H2. The number of aliphatic hydroxyl groups is 1. The van der Waals surface area contributed by atoms with Crippen LogP contribution in [0.2, 0.25) is 0 Å². The first-order valence-electron chi connectivity index (χ1n) is 7.02. The first-order chi connectivity index (χ1) is 9.61. The molecule has 5 nitrogen and oxygen atoms in total. The second kappa shape index (κ2) is 6.67. The highest BCUT2D eigenvalue weighted by Crippen LogP contribution is 2.28. The third-order valence-corrected chi connectivity index (χ3v) is 5.87. The van der Waals surface area contributed by atoms with Crippen LogP contribution in [0.4, 0.5) is 0 Å². The molecule has 6 heteroatoms. The fourth-order valence-corrected chi connectivity index (χ4v) is 4.74. The van der Waals surface area contributed by atoms with Crippen LogP contribution < -0.4 is 5.73 Å². The zero-order valence-electron chi connectivity index (χ0n) is 11.5. The van der Waals surface area contributed by atoms with E-state index >= 15 is 0 Å². The van der Waals surface area contributed by atoms with Gasteiger partial charge in [-0.15, -0.1) is 0 Å². The fourth-order valence-electron chi connectivity index (χ4n) is 2.78. The molecular formula is C14H22N2O3S. The number of rotatable bonds is 5. The van der Waals surface area contributed by atoms with Crippen molar-refractivity contribution < 1.29 is 13.5 Å². The van der Waals surface area contributed by atoms with Gasteiger partial charge in [-0.05, 0) is 30.9 Å². The maximum Gasteiger partial charge on any atom is 0.243 e. The third kappa shape index (κ3) is 3.03. The number of aliphatic hydroxyl groups excluding tert-OH is 1. The van der Waals surface area contributed by atoms with E-state index in [9.17, 15) is 8.42 Å². The van der Waals surface area contributed by atoms with Gasteiger partial charge in [-0.1, -0.05) is 24.6 Å². The summed E-state index contributed by atoms with van der Waals surface area (Å²) in [5, 5.41) is 9.13. The maximum absolute atomic E-state index is 12.8. The van der Waals surface area contributed by atoms with Gasteiger partial charge in [0.1, 0.15) is 0 Å². The SMILES string of the molecule is NCc1ccccc1S(=O)(=O)N1CCCCC1CCO. The molecule has 1 unspecified atom stereocenters. The minimum Gasteiger partial charge on any atom is -0.396 e. The summed E-state index contributed by atoms with van der Waals surface area (Å²) in [5.41, 5.74) is 6.29. The minimum absolute atomic E-state index is 0.00915.